The van der Waals surface area contributed by atoms with Crippen LogP contribution in [0.25, 0.3) is 0 Å². The van der Waals surface area contributed by atoms with Crippen molar-refractivity contribution in [1.82, 2.24) is 4.90 Å². The number of benzene rings is 2. The number of carbonyl (C=O) groups excluding carboxylic acids is 2. The van der Waals surface area contributed by atoms with E-state index in [1.165, 1.54) is 4.90 Å². The van der Waals surface area contributed by atoms with Gasteiger partial charge in [0.15, 0.2) is 0 Å². The summed E-state index contributed by atoms with van der Waals surface area (Å²) >= 11 is 0. The normalized spacial score (nSPS) is 18.1. The van der Waals surface area contributed by atoms with Crippen molar-refractivity contribution in [1.29, 1.82) is 0 Å². The summed E-state index contributed by atoms with van der Waals surface area (Å²) in [5.74, 6) is -1.47. The molecule has 0 radical (unpaired) electrons. The summed E-state index contributed by atoms with van der Waals surface area (Å²) in [6, 6.07) is 13.8. The van der Waals surface area contributed by atoms with Crippen LogP contribution in [-0.4, -0.2) is 41.9 Å². The molecule has 1 aliphatic rings. The van der Waals surface area contributed by atoms with Gasteiger partial charge in [0.2, 0.25) is 0 Å². The van der Waals surface area contributed by atoms with Crippen LogP contribution in [0.4, 0.5) is 5.69 Å². The number of aliphatic carboxylic acids is 1. The smallest absolute Gasteiger partial charge is 0.307 e. The van der Waals surface area contributed by atoms with Crippen LogP contribution in [0, 0.1) is 5.92 Å². The van der Waals surface area contributed by atoms with Crippen LogP contribution >= 0.6 is 0 Å². The topological polar surface area (TPSA) is 86.7 Å². The van der Waals surface area contributed by atoms with E-state index in [-0.39, 0.29) is 23.7 Å². The number of nitrogens with zero attached hydrogens (tertiary/aromatic N) is 1. The molecule has 1 saturated carbocycles. The predicted octanol–water partition coefficient (Wildman–Crippen LogP) is 2.83. The van der Waals surface area contributed by atoms with Crippen molar-refractivity contribution in [3.63, 3.8) is 0 Å². The molecular formula is C20H20N2O4. The fourth-order valence-electron chi connectivity index (χ4n) is 2.90. The average Bonchev–Trinajstić information content (AvgIpc) is 3.43. The van der Waals surface area contributed by atoms with E-state index in [2.05, 4.69) is 5.32 Å². The summed E-state index contributed by atoms with van der Waals surface area (Å²) in [6.45, 7) is 0. The Morgan fingerprint density at radius 2 is 1.69 bits per heavy atom. The zero-order valence-electron chi connectivity index (χ0n) is 14.6. The van der Waals surface area contributed by atoms with E-state index in [1.807, 2.05) is 12.1 Å². The molecule has 2 amide bonds. The summed E-state index contributed by atoms with van der Waals surface area (Å²) in [5, 5.41) is 11.8. The number of hydrogen-bond donors (Lipinski definition) is 2. The van der Waals surface area contributed by atoms with Gasteiger partial charge in [-0.1, -0.05) is 18.2 Å². The maximum absolute atomic E-state index is 12.4. The molecule has 0 heterocycles. The van der Waals surface area contributed by atoms with Gasteiger partial charge in [0.05, 0.1) is 5.92 Å². The number of carboxylic acids is 1. The number of carbonyl (C=O) groups is 3. The summed E-state index contributed by atoms with van der Waals surface area (Å²) in [6.07, 6.45) is 0.660. The van der Waals surface area contributed by atoms with Crippen LogP contribution < -0.4 is 5.32 Å². The molecule has 2 atom stereocenters. The minimum atomic E-state index is -0.764. The van der Waals surface area contributed by atoms with Gasteiger partial charge in [0, 0.05) is 30.9 Å². The van der Waals surface area contributed by atoms with Crippen molar-refractivity contribution in [2.45, 2.75) is 12.3 Å². The van der Waals surface area contributed by atoms with E-state index in [4.69, 9.17) is 5.11 Å². The molecule has 0 aliphatic heterocycles. The first-order chi connectivity index (χ1) is 12.4. The molecule has 0 saturated heterocycles. The van der Waals surface area contributed by atoms with Crippen LogP contribution in [0.1, 0.15) is 38.6 Å². The van der Waals surface area contributed by atoms with Gasteiger partial charge in [-0.25, -0.2) is 0 Å². The van der Waals surface area contributed by atoms with Crippen LogP contribution in [0.3, 0.4) is 0 Å². The van der Waals surface area contributed by atoms with E-state index >= 15 is 0 Å². The number of amides is 2. The fourth-order valence-corrected chi connectivity index (χ4v) is 2.90. The molecule has 6 nitrogen and oxygen atoms in total. The second-order valence-corrected chi connectivity index (χ2v) is 6.64. The predicted molar refractivity (Wildman–Crippen MR) is 97.3 cm³/mol. The fraction of sp³-hybridized carbons (Fsp3) is 0.250. The van der Waals surface area contributed by atoms with Crippen molar-refractivity contribution >= 4 is 23.5 Å². The molecule has 0 aromatic heterocycles. The molecule has 26 heavy (non-hydrogen) atoms. The summed E-state index contributed by atoms with van der Waals surface area (Å²) in [7, 11) is 3.32. The highest BCUT2D eigenvalue weighted by Crippen LogP contribution is 2.47. The summed E-state index contributed by atoms with van der Waals surface area (Å²) < 4.78 is 0. The van der Waals surface area contributed by atoms with E-state index in [9.17, 15) is 14.4 Å². The molecule has 1 fully saturated rings. The molecule has 2 N–H and O–H groups in total. The zero-order valence-corrected chi connectivity index (χ0v) is 14.6. The Balaban J connectivity index is 1.68. The summed E-state index contributed by atoms with van der Waals surface area (Å²) in [5.41, 5.74) is 2.44. The van der Waals surface area contributed by atoms with Crippen LogP contribution in [-0.2, 0) is 4.79 Å². The first-order valence-corrected chi connectivity index (χ1v) is 8.32. The SMILES string of the molecule is CN(C)C(=O)c1cccc(C(=O)Nc2ccc([C@@H]3C[C@H]3C(=O)O)cc2)c1. The Kier molecular flexibility index (Phi) is 4.75. The molecule has 3 rings (SSSR count). The first-order valence-electron chi connectivity index (χ1n) is 8.32. The van der Waals surface area contributed by atoms with E-state index in [1.54, 1.807) is 50.5 Å². The van der Waals surface area contributed by atoms with Gasteiger partial charge >= 0.3 is 5.97 Å². The van der Waals surface area contributed by atoms with Crippen molar-refractivity contribution in [2.24, 2.45) is 5.92 Å². The lowest BCUT2D eigenvalue weighted by Gasteiger charge is -2.11. The molecule has 6 heteroatoms. The quantitative estimate of drug-likeness (QED) is 0.866. The Morgan fingerprint density at radius 1 is 1.04 bits per heavy atom. The van der Waals surface area contributed by atoms with Gasteiger partial charge in [-0.05, 0) is 48.2 Å². The van der Waals surface area contributed by atoms with Crippen LogP contribution in [0.5, 0.6) is 0 Å². The van der Waals surface area contributed by atoms with Gasteiger partial charge in [-0.15, -0.1) is 0 Å². The lowest BCUT2D eigenvalue weighted by atomic mass is 10.1. The maximum atomic E-state index is 12.4. The standard InChI is InChI=1S/C20H20N2O4/c1-22(2)19(24)14-5-3-4-13(10-14)18(23)21-15-8-6-12(7-9-15)16-11-17(16)20(25)26/h3-10,16-17H,11H2,1-2H3,(H,21,23)(H,25,26)/t16-,17+/m0/s1. The summed E-state index contributed by atoms with van der Waals surface area (Å²) in [4.78, 5) is 36.8. The van der Waals surface area contributed by atoms with E-state index < -0.39 is 5.97 Å². The molecule has 0 bridgehead atoms. The minimum Gasteiger partial charge on any atom is -0.481 e. The molecule has 0 spiro atoms. The Bertz CT molecular complexity index is 858. The van der Waals surface area contributed by atoms with E-state index in [0.717, 1.165) is 5.56 Å². The third kappa shape index (κ3) is 3.74. The Labute approximate surface area is 151 Å². The van der Waals surface area contributed by atoms with Crippen molar-refractivity contribution < 1.29 is 19.5 Å². The highest BCUT2D eigenvalue weighted by Gasteiger charge is 2.43. The lowest BCUT2D eigenvalue weighted by molar-refractivity contribution is -0.138. The van der Waals surface area contributed by atoms with Crippen molar-refractivity contribution in [3.8, 4) is 0 Å². The highest BCUT2D eigenvalue weighted by atomic mass is 16.4. The largest absolute Gasteiger partial charge is 0.481 e. The number of carboxylic acid groups (broad SMARTS) is 1. The molecule has 2 aromatic rings. The van der Waals surface area contributed by atoms with Gasteiger partial charge in [0.1, 0.15) is 0 Å². The van der Waals surface area contributed by atoms with Crippen LogP contribution in [0.2, 0.25) is 0 Å². The minimum absolute atomic E-state index is 0.0611. The first kappa shape index (κ1) is 17.7. The maximum Gasteiger partial charge on any atom is 0.307 e. The Hall–Kier alpha value is -3.15. The number of hydrogen-bond acceptors (Lipinski definition) is 3. The van der Waals surface area contributed by atoms with Crippen molar-refractivity contribution in [3.05, 3.63) is 65.2 Å². The van der Waals surface area contributed by atoms with Crippen molar-refractivity contribution in [2.75, 3.05) is 19.4 Å². The molecule has 2 aromatic carbocycles. The third-order valence-corrected chi connectivity index (χ3v) is 4.48. The third-order valence-electron chi connectivity index (χ3n) is 4.48. The lowest BCUT2D eigenvalue weighted by Crippen LogP contribution is -2.22. The Morgan fingerprint density at radius 3 is 2.27 bits per heavy atom. The van der Waals surface area contributed by atoms with Gasteiger partial charge in [-0.2, -0.15) is 0 Å². The number of nitrogens with one attached hydrogen (secondary N) is 1. The number of rotatable bonds is 5. The van der Waals surface area contributed by atoms with Gasteiger partial charge < -0.3 is 15.3 Å². The molecule has 1 aliphatic carbocycles. The monoisotopic (exact) mass is 352 g/mol. The van der Waals surface area contributed by atoms with Gasteiger partial charge in [0.25, 0.3) is 11.8 Å². The molecule has 134 valence electrons. The molecule has 0 unspecified atom stereocenters. The zero-order chi connectivity index (χ0) is 18.8. The number of anilines is 1. The molecular weight excluding hydrogens is 332 g/mol. The van der Waals surface area contributed by atoms with Gasteiger partial charge in [-0.3, -0.25) is 14.4 Å². The average molecular weight is 352 g/mol. The van der Waals surface area contributed by atoms with E-state index in [0.29, 0.717) is 23.2 Å². The second kappa shape index (κ2) is 7.00. The van der Waals surface area contributed by atoms with Crippen LogP contribution in [0.15, 0.2) is 48.5 Å². The second-order valence-electron chi connectivity index (χ2n) is 6.64. The highest BCUT2D eigenvalue weighted by molar-refractivity contribution is 6.06.